The lowest BCUT2D eigenvalue weighted by Gasteiger charge is -2.58. The summed E-state index contributed by atoms with van der Waals surface area (Å²) >= 11 is 0. The van der Waals surface area contributed by atoms with Gasteiger partial charge in [-0.3, -0.25) is 39.1 Å². The highest BCUT2D eigenvalue weighted by Crippen LogP contribution is 2.54. The number of carbonyl (C=O) groups excluding carboxylic acids is 3. The van der Waals surface area contributed by atoms with E-state index in [1.54, 1.807) is 19.6 Å². The first-order chi connectivity index (χ1) is 36.9. The largest absolute Gasteiger partial charge is 0.464 e. The van der Waals surface area contributed by atoms with E-state index in [1.807, 2.05) is 25.3 Å². The monoisotopic (exact) mass is 1040 g/mol. The molecule has 0 unspecified atom stereocenters. The summed E-state index contributed by atoms with van der Waals surface area (Å²) in [5.41, 5.74) is 10.3. The van der Waals surface area contributed by atoms with E-state index < -0.39 is 35.4 Å². The van der Waals surface area contributed by atoms with Crippen LogP contribution >= 0.6 is 0 Å². The van der Waals surface area contributed by atoms with Crippen LogP contribution in [0.5, 0.6) is 0 Å². The van der Waals surface area contributed by atoms with Gasteiger partial charge in [0.15, 0.2) is 0 Å². The second kappa shape index (κ2) is 19.7. The summed E-state index contributed by atoms with van der Waals surface area (Å²) in [7, 11) is 1.73. The first-order valence-corrected chi connectivity index (χ1v) is 28.1. The molecule has 10 heterocycles. The van der Waals surface area contributed by atoms with Crippen LogP contribution in [0.3, 0.4) is 0 Å². The lowest BCUT2D eigenvalue weighted by Crippen LogP contribution is -2.72. The Morgan fingerprint density at radius 2 is 1.78 bits per heavy atom. The third-order valence-electron chi connectivity index (χ3n) is 18.5. The molecule has 2 amide bonds. The molecule has 6 aliphatic heterocycles. The zero-order valence-corrected chi connectivity index (χ0v) is 44.7. The summed E-state index contributed by atoms with van der Waals surface area (Å²) in [4.78, 5) is 71.5. The van der Waals surface area contributed by atoms with Gasteiger partial charge in [-0.15, -0.1) is 0 Å². The van der Waals surface area contributed by atoms with E-state index in [9.17, 15) is 9.59 Å². The van der Waals surface area contributed by atoms with Crippen LogP contribution in [0, 0.1) is 17.3 Å². The van der Waals surface area contributed by atoms with Crippen LogP contribution in [0.1, 0.15) is 126 Å². The number of nitrogens with zero attached hydrogens (tertiary/aromatic N) is 9. The molecule has 7 atom stereocenters. The van der Waals surface area contributed by atoms with E-state index in [4.69, 9.17) is 28.6 Å². The summed E-state index contributed by atoms with van der Waals surface area (Å²) in [6.45, 7) is 14.7. The lowest BCUT2D eigenvalue weighted by atomic mass is 9.82. The molecular formula is C58H73N11O7. The molecular weight excluding hydrogens is 963 g/mol. The maximum absolute atomic E-state index is 15.6. The molecule has 18 nitrogen and oxygen atoms in total. The van der Waals surface area contributed by atoms with Crippen molar-refractivity contribution in [1.82, 2.24) is 55.0 Å². The number of fused-ring (bicyclic) bond motifs is 6. The van der Waals surface area contributed by atoms with E-state index in [0.29, 0.717) is 62.6 Å². The van der Waals surface area contributed by atoms with Crippen LogP contribution in [-0.2, 0) is 35.0 Å². The Labute approximate surface area is 444 Å². The van der Waals surface area contributed by atoms with Crippen LogP contribution in [0.4, 0.5) is 0 Å². The highest BCUT2D eigenvalue weighted by molar-refractivity contribution is 5.95. The average molecular weight is 1040 g/mol. The third-order valence-corrected chi connectivity index (χ3v) is 18.5. The predicted molar refractivity (Wildman–Crippen MR) is 282 cm³/mol. The Hall–Kier alpha value is -5.63. The maximum Gasteiger partial charge on any atom is 0.324 e. The number of pyridine rings is 1. The van der Waals surface area contributed by atoms with Crippen molar-refractivity contribution in [2.45, 2.75) is 139 Å². The van der Waals surface area contributed by atoms with Crippen molar-refractivity contribution in [3.63, 3.8) is 0 Å². The van der Waals surface area contributed by atoms with Crippen LogP contribution in [-0.4, -0.2) is 158 Å². The number of likely N-dealkylation sites (tertiary alicyclic amines) is 3. The Morgan fingerprint density at radius 1 is 0.947 bits per heavy atom. The Bertz CT molecular complexity index is 2990. The number of benzene rings is 1. The number of hydrogen-bond donors (Lipinski definition) is 2. The second-order valence-electron chi connectivity index (χ2n) is 24.2. The number of hydrazine groups is 1. The van der Waals surface area contributed by atoms with Gasteiger partial charge in [-0.2, -0.15) is 0 Å². The standard InChI is InChI=1S/C58H73N11O7/c1-34-47(43-15-20-59-33-61-43)48(34)53(70)63-50-52(66-30-58(31-66)18-8-21-67(58)38-16-23-74-24-17-38)54-62-45(29-75-54)36-11-14-46-41(25-36)42(26-57(3,4)32-76-56(72)44-10-7-22-68(64-44)55(50)71)51(40-9-6-19-60-49(40)35(2)73-5)69(46)39-27-65(28-39)37-12-13-37/h6,9,11,14-15,19-20,25,29,33-35,37-39,44,47-48,50,52,64H,7-8,10,12-13,16-18,21-24,26-28,30-32H2,1-5H3,(H,63,70)/t34-,35-,44-,47-,48+,50-,52-/m0/s1. The molecule has 76 heavy (non-hydrogen) atoms. The first-order valence-electron chi connectivity index (χ1n) is 28.1. The van der Waals surface area contributed by atoms with Crippen molar-refractivity contribution < 1.29 is 33.0 Å². The molecule has 1 aromatic carbocycles. The highest BCUT2D eigenvalue weighted by atomic mass is 16.5. The molecule has 5 aromatic rings. The van der Waals surface area contributed by atoms with Gasteiger partial charge < -0.3 is 28.5 Å². The zero-order valence-electron chi connectivity index (χ0n) is 44.7. The average Bonchev–Trinajstić information content (AvgIpc) is 4.22. The number of aromatic nitrogens is 5. The number of rotatable bonds is 10. The highest BCUT2D eigenvalue weighted by Gasteiger charge is 2.59. The number of methoxy groups -OCH3 is 1. The first kappa shape index (κ1) is 49.9. The zero-order chi connectivity index (χ0) is 52.0. The molecule has 402 valence electrons. The van der Waals surface area contributed by atoms with Gasteiger partial charge >= 0.3 is 5.97 Å². The van der Waals surface area contributed by atoms with Crippen LogP contribution in [0.2, 0.25) is 0 Å². The van der Waals surface area contributed by atoms with Crippen molar-refractivity contribution in [2.75, 3.05) is 66.2 Å². The van der Waals surface area contributed by atoms with Gasteiger partial charge in [0.1, 0.15) is 36.4 Å². The summed E-state index contributed by atoms with van der Waals surface area (Å²) in [6, 6.07) is 11.3. The fourth-order valence-corrected chi connectivity index (χ4v) is 14.2. The smallest absolute Gasteiger partial charge is 0.324 e. The maximum atomic E-state index is 15.6. The molecule has 7 fully saturated rings. The van der Waals surface area contributed by atoms with Gasteiger partial charge in [0.25, 0.3) is 5.91 Å². The number of hydrogen-bond acceptors (Lipinski definition) is 15. The summed E-state index contributed by atoms with van der Waals surface area (Å²) in [5, 5.41) is 5.95. The number of oxazole rings is 1. The van der Waals surface area contributed by atoms with E-state index >= 15 is 4.79 Å². The van der Waals surface area contributed by atoms with Gasteiger partial charge in [0.2, 0.25) is 11.8 Å². The minimum Gasteiger partial charge on any atom is -0.464 e. The Morgan fingerprint density at radius 3 is 2.55 bits per heavy atom. The number of nitrogens with one attached hydrogen (secondary N) is 2. The molecule has 6 bridgehead atoms. The summed E-state index contributed by atoms with van der Waals surface area (Å²) in [6.07, 6.45) is 14.8. The molecule has 2 saturated carbocycles. The number of cyclic esters (lactones) is 1. The molecule has 4 aromatic heterocycles. The molecule has 0 radical (unpaired) electrons. The molecule has 8 aliphatic rings. The van der Waals surface area contributed by atoms with Gasteiger partial charge in [-0.25, -0.2) is 20.4 Å². The topological polar surface area (TPSA) is 186 Å². The Balaban J connectivity index is 0.946. The fourth-order valence-electron chi connectivity index (χ4n) is 14.2. The number of amides is 2. The molecule has 18 heteroatoms. The molecule has 13 rings (SSSR count). The number of carbonyl (C=O) groups is 3. The summed E-state index contributed by atoms with van der Waals surface area (Å²) in [5.74, 6) is -1.18. The van der Waals surface area contributed by atoms with Gasteiger partial charge in [0.05, 0.1) is 30.1 Å². The van der Waals surface area contributed by atoms with Crippen molar-refractivity contribution in [1.29, 1.82) is 0 Å². The number of ether oxygens (including phenoxy) is 3. The third kappa shape index (κ3) is 8.93. The van der Waals surface area contributed by atoms with Crippen LogP contribution in [0.15, 0.2) is 65.8 Å². The van der Waals surface area contributed by atoms with Crippen molar-refractivity contribution in [3.05, 3.63) is 84.2 Å². The molecule has 2 aliphatic carbocycles. The van der Waals surface area contributed by atoms with Gasteiger partial charge in [-0.05, 0) is 113 Å². The molecule has 1 spiro atoms. The fraction of sp³-hybridized carbons (Fsp3) is 0.603. The molecule has 2 N–H and O–H groups in total. The predicted octanol–water partition coefficient (Wildman–Crippen LogP) is 6.40. The van der Waals surface area contributed by atoms with E-state index in [1.165, 1.54) is 24.2 Å². The van der Waals surface area contributed by atoms with Gasteiger partial charge in [-0.1, -0.05) is 26.8 Å². The second-order valence-corrected chi connectivity index (χ2v) is 24.2. The van der Waals surface area contributed by atoms with Gasteiger partial charge in [0, 0.05) is 128 Å². The van der Waals surface area contributed by atoms with E-state index in [2.05, 4.69) is 85.0 Å². The summed E-state index contributed by atoms with van der Waals surface area (Å²) < 4.78 is 27.4. The SMILES string of the molecule is CO[C@@H](C)c1ncccc1-c1c2c3cc(ccc3n1C1CN(C3CC3)C1)-c1coc(n1)[C@@H](N1CC3(CCCN3C3CCOCC3)C1)[C@H](NC(=O)[C@@H]1[C@@H](C)[C@H]1c1ccncn1)C(=O)N1CCC[C@H](N1)C(=O)OCC(C)(C)C2. The normalized spacial score (nSPS) is 28.9. The minimum absolute atomic E-state index is 0.00366. The van der Waals surface area contributed by atoms with Crippen LogP contribution in [0.25, 0.3) is 33.4 Å². The quantitative estimate of drug-likeness (QED) is 0.146. The number of esters is 1. The van der Waals surface area contributed by atoms with Crippen molar-refractivity contribution in [2.24, 2.45) is 17.3 Å². The molecule has 5 saturated heterocycles. The minimum atomic E-state index is -1.13. The van der Waals surface area contributed by atoms with E-state index in [-0.39, 0.29) is 47.9 Å². The Kier molecular flexibility index (Phi) is 12.9. The van der Waals surface area contributed by atoms with Crippen LogP contribution < -0.4 is 10.7 Å². The van der Waals surface area contributed by atoms with Crippen molar-refractivity contribution in [3.8, 4) is 22.5 Å². The lowest BCUT2D eigenvalue weighted by molar-refractivity contribution is -0.157. The van der Waals surface area contributed by atoms with Crippen molar-refractivity contribution >= 4 is 28.7 Å². The van der Waals surface area contributed by atoms with E-state index in [0.717, 1.165) is 103 Å².